The lowest BCUT2D eigenvalue weighted by Gasteiger charge is -2.15. The maximum Gasteiger partial charge on any atom is 0.326 e. The molecule has 0 aliphatic rings. The van der Waals surface area contributed by atoms with E-state index in [1.54, 1.807) is 18.2 Å². The van der Waals surface area contributed by atoms with Crippen molar-refractivity contribution in [1.29, 1.82) is 5.26 Å². The highest BCUT2D eigenvalue weighted by molar-refractivity contribution is 9.10. The number of benzene rings is 1. The van der Waals surface area contributed by atoms with Crippen molar-refractivity contribution in [2.24, 2.45) is 0 Å². The van der Waals surface area contributed by atoms with E-state index in [9.17, 15) is 4.79 Å². The summed E-state index contributed by atoms with van der Waals surface area (Å²) in [6.45, 7) is 2.03. The van der Waals surface area contributed by atoms with Crippen molar-refractivity contribution >= 4 is 27.6 Å². The molecule has 0 saturated heterocycles. The highest BCUT2D eigenvalue weighted by Crippen LogP contribution is 2.22. The molecule has 0 aliphatic heterocycles. The van der Waals surface area contributed by atoms with Crippen molar-refractivity contribution in [3.8, 4) is 6.07 Å². The molecule has 0 saturated carbocycles. The average molecular weight is 311 g/mol. The molecule has 18 heavy (non-hydrogen) atoms. The molecule has 0 heterocycles. The molecular weight excluding hydrogens is 296 g/mol. The molecule has 0 radical (unpaired) electrons. The second-order valence-corrected chi connectivity index (χ2v) is 4.84. The molecule has 1 atom stereocenters. The van der Waals surface area contributed by atoms with Crippen LogP contribution in [0.1, 0.15) is 31.7 Å². The number of nitrogens with zero attached hydrogens (tertiary/aromatic N) is 1. The second-order valence-electron chi connectivity index (χ2n) is 3.98. The molecule has 0 fully saturated rings. The van der Waals surface area contributed by atoms with Gasteiger partial charge in [-0.25, -0.2) is 4.79 Å². The fraction of sp³-hybridized carbons (Fsp3) is 0.385. The van der Waals surface area contributed by atoms with E-state index in [0.29, 0.717) is 22.1 Å². The minimum absolute atomic E-state index is 0.529. The largest absolute Gasteiger partial charge is 0.480 e. The van der Waals surface area contributed by atoms with Gasteiger partial charge in [-0.05, 0) is 40.5 Å². The second kappa shape index (κ2) is 7.02. The number of unbranched alkanes of at least 4 members (excludes halogenated alkanes) is 1. The zero-order chi connectivity index (χ0) is 13.5. The maximum atomic E-state index is 11.1. The number of hydrogen-bond acceptors (Lipinski definition) is 3. The minimum Gasteiger partial charge on any atom is -0.480 e. The summed E-state index contributed by atoms with van der Waals surface area (Å²) >= 11 is 3.28. The Labute approximate surface area is 115 Å². The van der Waals surface area contributed by atoms with Crippen molar-refractivity contribution in [3.05, 3.63) is 28.2 Å². The van der Waals surface area contributed by atoms with Crippen molar-refractivity contribution in [2.75, 3.05) is 5.32 Å². The maximum absolute atomic E-state index is 11.1. The van der Waals surface area contributed by atoms with Crippen molar-refractivity contribution in [3.63, 3.8) is 0 Å². The van der Waals surface area contributed by atoms with Gasteiger partial charge in [-0.1, -0.05) is 19.8 Å². The third-order valence-corrected chi connectivity index (χ3v) is 3.23. The number of rotatable bonds is 6. The van der Waals surface area contributed by atoms with Crippen molar-refractivity contribution in [2.45, 2.75) is 32.2 Å². The summed E-state index contributed by atoms with van der Waals surface area (Å²) in [5.41, 5.74) is 1.23. The fourth-order valence-electron chi connectivity index (χ4n) is 1.56. The number of nitriles is 1. The highest BCUT2D eigenvalue weighted by Gasteiger charge is 2.16. The van der Waals surface area contributed by atoms with Crippen LogP contribution in [0.3, 0.4) is 0 Å². The van der Waals surface area contributed by atoms with Crippen LogP contribution in [0, 0.1) is 11.3 Å². The van der Waals surface area contributed by atoms with E-state index in [0.717, 1.165) is 12.8 Å². The van der Waals surface area contributed by atoms with Crippen LogP contribution in [-0.4, -0.2) is 17.1 Å². The van der Waals surface area contributed by atoms with Crippen molar-refractivity contribution < 1.29 is 9.90 Å². The molecule has 0 aliphatic carbocycles. The van der Waals surface area contributed by atoms with Gasteiger partial charge in [-0.15, -0.1) is 0 Å². The van der Waals surface area contributed by atoms with Gasteiger partial charge in [-0.3, -0.25) is 0 Å². The van der Waals surface area contributed by atoms with E-state index >= 15 is 0 Å². The van der Waals surface area contributed by atoms with Gasteiger partial charge in [-0.2, -0.15) is 5.26 Å². The summed E-state index contributed by atoms with van der Waals surface area (Å²) in [5.74, 6) is -0.857. The zero-order valence-corrected chi connectivity index (χ0v) is 11.7. The minimum atomic E-state index is -0.857. The van der Waals surface area contributed by atoms with Crippen LogP contribution < -0.4 is 5.32 Å². The Morgan fingerprint density at radius 1 is 1.61 bits per heavy atom. The summed E-state index contributed by atoms with van der Waals surface area (Å²) in [4.78, 5) is 11.1. The fourth-order valence-corrected chi connectivity index (χ4v) is 2.03. The molecule has 96 valence electrons. The number of hydrogen-bond donors (Lipinski definition) is 2. The number of carbonyl (C=O) groups is 1. The molecule has 4 nitrogen and oxygen atoms in total. The number of halogens is 1. The third-order valence-electron chi connectivity index (χ3n) is 2.57. The molecule has 1 aromatic rings. The lowest BCUT2D eigenvalue weighted by Crippen LogP contribution is -2.29. The van der Waals surface area contributed by atoms with Crippen LogP contribution in [0.25, 0.3) is 0 Å². The molecule has 1 unspecified atom stereocenters. The van der Waals surface area contributed by atoms with E-state index in [-0.39, 0.29) is 0 Å². The third kappa shape index (κ3) is 4.04. The lowest BCUT2D eigenvalue weighted by molar-refractivity contribution is -0.138. The molecule has 0 aromatic heterocycles. The van der Waals surface area contributed by atoms with Crippen LogP contribution >= 0.6 is 15.9 Å². The Morgan fingerprint density at radius 3 is 2.83 bits per heavy atom. The SMILES string of the molecule is CCCCC(Nc1ccc(C#N)c(Br)c1)C(=O)O. The Kier molecular flexibility index (Phi) is 5.66. The van der Waals surface area contributed by atoms with Gasteiger partial charge < -0.3 is 10.4 Å². The van der Waals surface area contributed by atoms with Crippen LogP contribution in [-0.2, 0) is 4.79 Å². The topological polar surface area (TPSA) is 73.1 Å². The number of anilines is 1. The van der Waals surface area contributed by atoms with Crippen molar-refractivity contribution in [1.82, 2.24) is 0 Å². The Bertz CT molecular complexity index is 469. The van der Waals surface area contributed by atoms with E-state index in [2.05, 4.69) is 21.2 Å². The molecule has 1 rings (SSSR count). The monoisotopic (exact) mass is 310 g/mol. The standard InChI is InChI=1S/C13H15BrN2O2/c1-2-3-4-12(13(17)18)16-10-6-5-9(8-15)11(14)7-10/h5-7,12,16H,2-4H2,1H3,(H,17,18). The number of carboxylic acid groups (broad SMARTS) is 1. The van der Waals surface area contributed by atoms with E-state index < -0.39 is 12.0 Å². The highest BCUT2D eigenvalue weighted by atomic mass is 79.9. The Morgan fingerprint density at radius 2 is 2.33 bits per heavy atom. The predicted molar refractivity (Wildman–Crippen MR) is 73.4 cm³/mol. The molecule has 2 N–H and O–H groups in total. The average Bonchev–Trinajstić information content (AvgIpc) is 2.34. The van der Waals surface area contributed by atoms with E-state index in [4.69, 9.17) is 10.4 Å². The first-order valence-corrected chi connectivity index (χ1v) is 6.56. The smallest absolute Gasteiger partial charge is 0.326 e. The molecule has 1 aromatic carbocycles. The quantitative estimate of drug-likeness (QED) is 0.844. The van der Waals surface area contributed by atoms with Gasteiger partial charge in [0.25, 0.3) is 0 Å². The number of carboxylic acids is 1. The van der Waals surface area contributed by atoms with Gasteiger partial charge in [0.1, 0.15) is 12.1 Å². The summed E-state index contributed by atoms with van der Waals surface area (Å²) in [5, 5.41) is 20.9. The van der Waals surface area contributed by atoms with E-state index in [1.807, 2.05) is 13.0 Å². The first-order chi connectivity index (χ1) is 8.58. The number of nitrogens with one attached hydrogen (secondary N) is 1. The number of aliphatic carboxylic acids is 1. The van der Waals surface area contributed by atoms with Gasteiger partial charge in [0.2, 0.25) is 0 Å². The molecule has 0 amide bonds. The zero-order valence-electron chi connectivity index (χ0n) is 10.1. The van der Waals surface area contributed by atoms with Gasteiger partial charge in [0, 0.05) is 10.2 Å². The molecule has 5 heteroatoms. The molecular formula is C13H15BrN2O2. The van der Waals surface area contributed by atoms with Crippen LogP contribution in [0.15, 0.2) is 22.7 Å². The predicted octanol–water partition coefficient (Wildman–Crippen LogP) is 3.38. The van der Waals surface area contributed by atoms with Gasteiger partial charge >= 0.3 is 5.97 Å². The van der Waals surface area contributed by atoms with Crippen LogP contribution in [0.5, 0.6) is 0 Å². The van der Waals surface area contributed by atoms with Gasteiger partial charge in [0.15, 0.2) is 0 Å². The molecule has 0 spiro atoms. The molecule has 0 bridgehead atoms. The van der Waals surface area contributed by atoms with Gasteiger partial charge in [0.05, 0.1) is 5.56 Å². The first kappa shape index (κ1) is 14.5. The van der Waals surface area contributed by atoms with Crippen LogP contribution in [0.2, 0.25) is 0 Å². The summed E-state index contributed by atoms with van der Waals surface area (Å²) in [6.07, 6.45) is 2.41. The summed E-state index contributed by atoms with van der Waals surface area (Å²) in [7, 11) is 0. The van der Waals surface area contributed by atoms with E-state index in [1.165, 1.54) is 0 Å². The Balaban J connectivity index is 2.78. The Hall–Kier alpha value is -1.54. The van der Waals surface area contributed by atoms with Crippen LogP contribution in [0.4, 0.5) is 5.69 Å². The normalized spacial score (nSPS) is 11.6. The lowest BCUT2D eigenvalue weighted by atomic mass is 10.1. The first-order valence-electron chi connectivity index (χ1n) is 5.77. The summed E-state index contributed by atoms with van der Waals surface area (Å²) < 4.78 is 0.662. The summed E-state index contributed by atoms with van der Waals surface area (Å²) in [6, 6.07) is 6.54.